The Balaban J connectivity index is 2.03. The maximum absolute atomic E-state index is 3.86. The smallest absolute Gasteiger partial charge is 0.0334 e. The molecule has 1 saturated carbocycles. The molecule has 0 bridgehead atoms. The van der Waals surface area contributed by atoms with E-state index >= 15 is 0 Å². The standard InChI is InChI=1S/C17H34N2/c1-14(2)8-11-19-12-16(15(3)4)18-13-17(19)9-6-5-7-10-17/h14-16,18H,5-13H2,1-4H3. The van der Waals surface area contributed by atoms with Gasteiger partial charge in [0.05, 0.1) is 0 Å². The van der Waals surface area contributed by atoms with Crippen LogP contribution in [0.2, 0.25) is 0 Å². The van der Waals surface area contributed by atoms with Gasteiger partial charge in [-0.25, -0.2) is 0 Å². The molecule has 0 amide bonds. The number of piperazine rings is 1. The maximum Gasteiger partial charge on any atom is 0.0334 e. The summed E-state index contributed by atoms with van der Waals surface area (Å²) >= 11 is 0. The Morgan fingerprint density at radius 1 is 1.11 bits per heavy atom. The van der Waals surface area contributed by atoms with Crippen LogP contribution in [0.15, 0.2) is 0 Å². The highest BCUT2D eigenvalue weighted by atomic mass is 15.3. The van der Waals surface area contributed by atoms with Crippen LogP contribution in [-0.4, -0.2) is 36.1 Å². The zero-order valence-electron chi connectivity index (χ0n) is 13.5. The molecule has 0 aromatic heterocycles. The number of nitrogens with one attached hydrogen (secondary N) is 1. The predicted octanol–water partition coefficient (Wildman–Crippen LogP) is 3.67. The summed E-state index contributed by atoms with van der Waals surface area (Å²) in [6.07, 6.45) is 8.52. The Morgan fingerprint density at radius 2 is 1.79 bits per heavy atom. The third-order valence-corrected chi connectivity index (χ3v) is 5.35. The molecule has 1 unspecified atom stereocenters. The van der Waals surface area contributed by atoms with Gasteiger partial charge >= 0.3 is 0 Å². The van der Waals surface area contributed by atoms with Gasteiger partial charge in [0.2, 0.25) is 0 Å². The van der Waals surface area contributed by atoms with E-state index < -0.39 is 0 Å². The Hall–Kier alpha value is -0.0800. The van der Waals surface area contributed by atoms with Gasteiger partial charge in [0, 0.05) is 24.7 Å². The number of rotatable bonds is 4. The van der Waals surface area contributed by atoms with Crippen LogP contribution >= 0.6 is 0 Å². The normalized spacial score (nSPS) is 28.4. The first-order valence-corrected chi connectivity index (χ1v) is 8.52. The van der Waals surface area contributed by atoms with E-state index in [1.54, 1.807) is 0 Å². The number of hydrogen-bond donors (Lipinski definition) is 1. The van der Waals surface area contributed by atoms with Gasteiger partial charge in [-0.3, -0.25) is 4.90 Å². The lowest BCUT2D eigenvalue weighted by Crippen LogP contribution is -2.66. The van der Waals surface area contributed by atoms with Crippen molar-refractivity contribution in [2.24, 2.45) is 11.8 Å². The lowest BCUT2D eigenvalue weighted by atomic mass is 9.77. The third kappa shape index (κ3) is 3.72. The van der Waals surface area contributed by atoms with E-state index in [1.807, 2.05) is 0 Å². The molecule has 1 saturated heterocycles. The molecule has 2 fully saturated rings. The van der Waals surface area contributed by atoms with Crippen molar-refractivity contribution in [2.75, 3.05) is 19.6 Å². The second kappa shape index (κ2) is 6.58. The van der Waals surface area contributed by atoms with Crippen LogP contribution in [0, 0.1) is 11.8 Å². The van der Waals surface area contributed by atoms with E-state index in [0.717, 1.165) is 11.8 Å². The molecule has 2 heteroatoms. The zero-order valence-corrected chi connectivity index (χ0v) is 13.5. The van der Waals surface area contributed by atoms with Crippen molar-refractivity contribution in [1.82, 2.24) is 10.2 Å². The first-order valence-electron chi connectivity index (χ1n) is 8.52. The van der Waals surface area contributed by atoms with Gasteiger partial charge in [0.15, 0.2) is 0 Å². The topological polar surface area (TPSA) is 15.3 Å². The molecule has 1 heterocycles. The van der Waals surface area contributed by atoms with Gasteiger partial charge in [-0.2, -0.15) is 0 Å². The first kappa shape index (κ1) is 15.3. The van der Waals surface area contributed by atoms with E-state index in [4.69, 9.17) is 0 Å². The Morgan fingerprint density at radius 3 is 2.37 bits per heavy atom. The summed E-state index contributed by atoms with van der Waals surface area (Å²) in [5.41, 5.74) is 0.499. The summed E-state index contributed by atoms with van der Waals surface area (Å²) in [5, 5.41) is 3.86. The van der Waals surface area contributed by atoms with Gasteiger partial charge in [0.1, 0.15) is 0 Å². The van der Waals surface area contributed by atoms with Crippen LogP contribution in [0.1, 0.15) is 66.2 Å². The van der Waals surface area contributed by atoms with Crippen LogP contribution in [0.5, 0.6) is 0 Å². The SMILES string of the molecule is CC(C)CCN1CC(C(C)C)NCC12CCCCC2. The maximum atomic E-state index is 3.86. The van der Waals surface area contributed by atoms with Crippen LogP contribution in [-0.2, 0) is 0 Å². The second-order valence-electron chi connectivity index (χ2n) is 7.64. The molecule has 1 N–H and O–H groups in total. The summed E-state index contributed by atoms with van der Waals surface area (Å²) in [5.74, 6) is 1.58. The molecular weight excluding hydrogens is 232 g/mol. The van der Waals surface area contributed by atoms with Crippen LogP contribution < -0.4 is 5.32 Å². The summed E-state index contributed by atoms with van der Waals surface area (Å²) < 4.78 is 0. The van der Waals surface area contributed by atoms with Crippen molar-refractivity contribution in [2.45, 2.75) is 77.8 Å². The van der Waals surface area contributed by atoms with Crippen LogP contribution in [0.4, 0.5) is 0 Å². The largest absolute Gasteiger partial charge is 0.311 e. The van der Waals surface area contributed by atoms with Gasteiger partial charge in [-0.15, -0.1) is 0 Å². The van der Waals surface area contributed by atoms with E-state index in [9.17, 15) is 0 Å². The number of nitrogens with zero attached hydrogens (tertiary/aromatic N) is 1. The van der Waals surface area contributed by atoms with Crippen LogP contribution in [0.25, 0.3) is 0 Å². The summed E-state index contributed by atoms with van der Waals surface area (Å²) in [7, 11) is 0. The molecule has 1 atom stereocenters. The van der Waals surface area contributed by atoms with Crippen molar-refractivity contribution >= 4 is 0 Å². The quantitative estimate of drug-likeness (QED) is 0.835. The fourth-order valence-corrected chi connectivity index (χ4v) is 3.82. The van der Waals surface area contributed by atoms with Crippen LogP contribution in [0.3, 0.4) is 0 Å². The highest BCUT2D eigenvalue weighted by molar-refractivity contribution is 5.01. The first-order chi connectivity index (χ1) is 9.03. The van der Waals surface area contributed by atoms with Crippen molar-refractivity contribution in [1.29, 1.82) is 0 Å². The van der Waals surface area contributed by atoms with Gasteiger partial charge in [-0.05, 0) is 37.6 Å². The molecule has 1 spiro atoms. The molecule has 2 nitrogen and oxygen atoms in total. The van der Waals surface area contributed by atoms with Gasteiger partial charge in [0.25, 0.3) is 0 Å². The van der Waals surface area contributed by atoms with Gasteiger partial charge < -0.3 is 5.32 Å². The summed E-state index contributed by atoms with van der Waals surface area (Å²) in [6.45, 7) is 13.2. The molecule has 19 heavy (non-hydrogen) atoms. The lowest BCUT2D eigenvalue weighted by Gasteiger charge is -2.53. The monoisotopic (exact) mass is 266 g/mol. The average molecular weight is 266 g/mol. The minimum atomic E-state index is 0.499. The van der Waals surface area contributed by atoms with E-state index in [2.05, 4.69) is 37.9 Å². The van der Waals surface area contributed by atoms with E-state index in [0.29, 0.717) is 11.6 Å². The van der Waals surface area contributed by atoms with Crippen molar-refractivity contribution in [3.63, 3.8) is 0 Å². The molecule has 0 aromatic rings. The highest BCUT2D eigenvalue weighted by Gasteiger charge is 2.42. The lowest BCUT2D eigenvalue weighted by molar-refractivity contribution is -0.000581. The molecule has 2 aliphatic rings. The minimum absolute atomic E-state index is 0.499. The zero-order chi connectivity index (χ0) is 13.9. The summed E-state index contributed by atoms with van der Waals surface area (Å²) in [6, 6.07) is 0.694. The summed E-state index contributed by atoms with van der Waals surface area (Å²) in [4.78, 5) is 2.87. The van der Waals surface area contributed by atoms with Crippen molar-refractivity contribution < 1.29 is 0 Å². The average Bonchev–Trinajstić information content (AvgIpc) is 2.38. The third-order valence-electron chi connectivity index (χ3n) is 5.35. The Kier molecular flexibility index (Phi) is 5.30. The molecule has 2 rings (SSSR count). The highest BCUT2D eigenvalue weighted by Crippen LogP contribution is 2.36. The molecule has 0 radical (unpaired) electrons. The molecule has 0 aromatic carbocycles. The molecule has 1 aliphatic heterocycles. The van der Waals surface area contributed by atoms with Crippen molar-refractivity contribution in [3.05, 3.63) is 0 Å². The molecule has 1 aliphatic carbocycles. The Bertz CT molecular complexity index is 266. The predicted molar refractivity (Wildman–Crippen MR) is 83.5 cm³/mol. The minimum Gasteiger partial charge on any atom is -0.311 e. The molecular formula is C17H34N2. The second-order valence-corrected chi connectivity index (χ2v) is 7.64. The fraction of sp³-hybridized carbons (Fsp3) is 1.00. The number of hydrogen-bond acceptors (Lipinski definition) is 2. The van der Waals surface area contributed by atoms with Gasteiger partial charge in [-0.1, -0.05) is 47.0 Å². The van der Waals surface area contributed by atoms with E-state index in [-0.39, 0.29) is 0 Å². The Labute approximate surface area is 120 Å². The van der Waals surface area contributed by atoms with Crippen molar-refractivity contribution in [3.8, 4) is 0 Å². The van der Waals surface area contributed by atoms with E-state index in [1.165, 1.54) is 58.2 Å². The fourth-order valence-electron chi connectivity index (χ4n) is 3.82. The molecule has 112 valence electrons.